The fourth-order valence-electron chi connectivity index (χ4n) is 2.20. The average molecular weight is 237 g/mol. The molecule has 0 amide bonds. The van der Waals surface area contributed by atoms with Gasteiger partial charge in [0, 0.05) is 17.8 Å². The van der Waals surface area contributed by atoms with E-state index >= 15 is 0 Å². The van der Waals surface area contributed by atoms with Crippen LogP contribution >= 0.6 is 0 Å². The molecule has 1 aromatic rings. The van der Waals surface area contributed by atoms with Gasteiger partial charge >= 0.3 is 11.7 Å². The zero-order valence-electron chi connectivity index (χ0n) is 9.64. The van der Waals surface area contributed by atoms with Crippen molar-refractivity contribution < 1.29 is 9.90 Å². The van der Waals surface area contributed by atoms with Gasteiger partial charge in [0.15, 0.2) is 0 Å². The summed E-state index contributed by atoms with van der Waals surface area (Å²) in [7, 11) is 2.03. The second-order valence-corrected chi connectivity index (χ2v) is 4.40. The highest BCUT2D eigenvalue weighted by molar-refractivity contribution is 5.88. The summed E-state index contributed by atoms with van der Waals surface area (Å²) in [6.07, 6.45) is 2.86. The van der Waals surface area contributed by atoms with Gasteiger partial charge in [-0.3, -0.25) is 0 Å². The van der Waals surface area contributed by atoms with Gasteiger partial charge in [0.1, 0.15) is 0 Å². The highest BCUT2D eigenvalue weighted by Gasteiger charge is 2.24. The molecule has 0 saturated carbocycles. The van der Waals surface area contributed by atoms with Crippen molar-refractivity contribution in [2.24, 2.45) is 0 Å². The van der Waals surface area contributed by atoms with Crippen molar-refractivity contribution in [3.05, 3.63) is 27.9 Å². The number of carbonyl (C=O) groups is 1. The Kier molecular flexibility index (Phi) is 3.23. The first kappa shape index (κ1) is 11.8. The predicted molar refractivity (Wildman–Crippen MR) is 61.3 cm³/mol. The first-order chi connectivity index (χ1) is 8.08. The Hall–Kier alpha value is -1.69. The minimum atomic E-state index is -1.04. The smallest absolute Gasteiger partial charge is 0.345 e. The number of nitrogens with zero attached hydrogens (tertiary/aromatic N) is 2. The van der Waals surface area contributed by atoms with Crippen LogP contribution < -0.4 is 5.69 Å². The monoisotopic (exact) mass is 237 g/mol. The zero-order valence-corrected chi connectivity index (χ0v) is 9.64. The summed E-state index contributed by atoms with van der Waals surface area (Å²) < 4.78 is 0. The van der Waals surface area contributed by atoms with Gasteiger partial charge in [0.05, 0.1) is 5.56 Å². The Morgan fingerprint density at radius 2 is 2.18 bits per heavy atom. The normalized spacial score (nSPS) is 18.2. The van der Waals surface area contributed by atoms with Crippen LogP contribution in [-0.2, 0) is 0 Å². The van der Waals surface area contributed by atoms with E-state index in [1.165, 1.54) is 0 Å². The van der Waals surface area contributed by atoms with Crippen LogP contribution in [0.3, 0.4) is 0 Å². The van der Waals surface area contributed by atoms with E-state index in [2.05, 4.69) is 14.9 Å². The Bertz CT molecular complexity index is 475. The van der Waals surface area contributed by atoms with Crippen molar-refractivity contribution in [3.8, 4) is 0 Å². The Balaban J connectivity index is 2.33. The number of likely N-dealkylation sites (tertiary alicyclic amines) is 1. The van der Waals surface area contributed by atoms with E-state index in [1.807, 2.05) is 7.05 Å². The molecule has 0 aromatic carbocycles. The minimum absolute atomic E-state index is 0.105. The number of H-pyrrole nitrogens is 1. The van der Waals surface area contributed by atoms with Crippen molar-refractivity contribution in [2.45, 2.75) is 18.8 Å². The molecule has 92 valence electrons. The molecular formula is C11H15N3O3. The third-order valence-corrected chi connectivity index (χ3v) is 3.20. The van der Waals surface area contributed by atoms with Crippen LogP contribution in [0, 0.1) is 0 Å². The molecule has 1 saturated heterocycles. The summed E-state index contributed by atoms with van der Waals surface area (Å²) in [4.78, 5) is 30.5. The van der Waals surface area contributed by atoms with Gasteiger partial charge in [-0.05, 0) is 33.0 Å². The van der Waals surface area contributed by atoms with Gasteiger partial charge in [-0.25, -0.2) is 14.6 Å². The van der Waals surface area contributed by atoms with Crippen LogP contribution in [0.4, 0.5) is 0 Å². The lowest BCUT2D eigenvalue weighted by Gasteiger charge is -2.29. The average Bonchev–Trinajstić information content (AvgIpc) is 2.29. The number of hydrogen-bond acceptors (Lipinski definition) is 4. The van der Waals surface area contributed by atoms with Crippen LogP contribution in [0.5, 0.6) is 0 Å². The molecule has 1 fully saturated rings. The lowest BCUT2D eigenvalue weighted by atomic mass is 9.91. The van der Waals surface area contributed by atoms with Crippen LogP contribution in [0.25, 0.3) is 0 Å². The lowest BCUT2D eigenvalue weighted by Crippen LogP contribution is -2.31. The first-order valence-corrected chi connectivity index (χ1v) is 5.59. The fourth-order valence-corrected chi connectivity index (χ4v) is 2.20. The maximum Gasteiger partial charge on any atom is 0.345 e. The highest BCUT2D eigenvalue weighted by Crippen LogP contribution is 2.27. The van der Waals surface area contributed by atoms with Gasteiger partial charge in [-0.15, -0.1) is 0 Å². The highest BCUT2D eigenvalue weighted by atomic mass is 16.4. The standard InChI is InChI=1S/C11H15N3O3/c1-14-4-2-7(3-5-14)9-8(10(15)16)6-12-11(17)13-9/h6-7H,2-5H2,1H3,(H,15,16)(H,12,13,17). The second kappa shape index (κ2) is 4.67. The van der Waals surface area contributed by atoms with E-state index in [1.54, 1.807) is 0 Å². The quantitative estimate of drug-likeness (QED) is 0.771. The molecule has 0 spiro atoms. The molecule has 0 atom stereocenters. The van der Waals surface area contributed by atoms with Gasteiger partial charge in [0.25, 0.3) is 0 Å². The second-order valence-electron chi connectivity index (χ2n) is 4.40. The van der Waals surface area contributed by atoms with E-state index in [4.69, 9.17) is 5.11 Å². The number of aromatic amines is 1. The van der Waals surface area contributed by atoms with Crippen LogP contribution in [0.1, 0.15) is 34.8 Å². The molecule has 2 rings (SSSR count). The van der Waals surface area contributed by atoms with Crippen molar-refractivity contribution in [1.29, 1.82) is 0 Å². The topological polar surface area (TPSA) is 86.3 Å². The number of hydrogen-bond donors (Lipinski definition) is 2. The predicted octanol–water partition coefficient (Wildman–Crippen LogP) is 0.277. The van der Waals surface area contributed by atoms with Crippen molar-refractivity contribution in [1.82, 2.24) is 14.9 Å². The fraction of sp³-hybridized carbons (Fsp3) is 0.545. The number of carboxylic acids is 1. The summed E-state index contributed by atoms with van der Waals surface area (Å²) in [5.41, 5.74) is 0.147. The largest absolute Gasteiger partial charge is 0.478 e. The Morgan fingerprint density at radius 3 is 2.76 bits per heavy atom. The minimum Gasteiger partial charge on any atom is -0.478 e. The first-order valence-electron chi connectivity index (χ1n) is 5.59. The van der Waals surface area contributed by atoms with Crippen LogP contribution in [-0.4, -0.2) is 46.1 Å². The number of nitrogens with one attached hydrogen (secondary N) is 1. The van der Waals surface area contributed by atoms with Gasteiger partial charge in [0.2, 0.25) is 0 Å². The molecule has 2 N–H and O–H groups in total. The third-order valence-electron chi connectivity index (χ3n) is 3.20. The number of carboxylic acid groups (broad SMARTS) is 1. The van der Waals surface area contributed by atoms with E-state index in [9.17, 15) is 9.59 Å². The van der Waals surface area contributed by atoms with E-state index in [-0.39, 0.29) is 11.5 Å². The Morgan fingerprint density at radius 1 is 1.53 bits per heavy atom. The summed E-state index contributed by atoms with van der Waals surface area (Å²) in [6.45, 7) is 1.82. The molecule has 2 heterocycles. The van der Waals surface area contributed by atoms with Gasteiger partial charge in [-0.1, -0.05) is 0 Å². The lowest BCUT2D eigenvalue weighted by molar-refractivity contribution is 0.0693. The van der Waals surface area contributed by atoms with Gasteiger partial charge in [-0.2, -0.15) is 0 Å². The molecule has 17 heavy (non-hydrogen) atoms. The number of rotatable bonds is 2. The summed E-state index contributed by atoms with van der Waals surface area (Å²) in [5, 5.41) is 9.07. The van der Waals surface area contributed by atoms with E-state index in [0.29, 0.717) is 5.69 Å². The van der Waals surface area contributed by atoms with E-state index in [0.717, 1.165) is 32.1 Å². The number of aromatic nitrogens is 2. The summed E-state index contributed by atoms with van der Waals surface area (Å²) >= 11 is 0. The molecule has 0 aliphatic carbocycles. The van der Waals surface area contributed by atoms with Crippen molar-refractivity contribution >= 4 is 5.97 Å². The molecule has 6 nitrogen and oxygen atoms in total. The van der Waals surface area contributed by atoms with Crippen LogP contribution in [0.2, 0.25) is 0 Å². The Labute approximate surface area is 98.3 Å². The zero-order chi connectivity index (χ0) is 12.4. The van der Waals surface area contributed by atoms with Crippen molar-refractivity contribution in [3.63, 3.8) is 0 Å². The summed E-state index contributed by atoms with van der Waals surface area (Å²) in [6, 6.07) is 0. The number of aromatic carboxylic acids is 1. The molecule has 6 heteroatoms. The number of piperidine rings is 1. The summed E-state index contributed by atoms with van der Waals surface area (Å²) in [5.74, 6) is -0.935. The third kappa shape index (κ3) is 2.52. The molecule has 0 bridgehead atoms. The van der Waals surface area contributed by atoms with Gasteiger partial charge < -0.3 is 15.0 Å². The molecule has 0 radical (unpaired) electrons. The van der Waals surface area contributed by atoms with E-state index < -0.39 is 11.7 Å². The maximum atomic E-state index is 11.2. The maximum absolute atomic E-state index is 11.2. The molecule has 1 aromatic heterocycles. The SMILES string of the molecule is CN1CCC(c2[nH]c(=O)ncc2C(=O)O)CC1. The molecule has 1 aliphatic heterocycles. The molecule has 0 unspecified atom stereocenters. The molecular weight excluding hydrogens is 222 g/mol. The molecule has 1 aliphatic rings. The van der Waals surface area contributed by atoms with Crippen molar-refractivity contribution in [2.75, 3.05) is 20.1 Å². The van der Waals surface area contributed by atoms with Crippen LogP contribution in [0.15, 0.2) is 11.0 Å².